The molecule has 0 heterocycles. The molecule has 0 unspecified atom stereocenters. The molecule has 3 aromatic rings. The Hall–Kier alpha value is -2.89. The minimum Gasteiger partial charge on any atom is -0.496 e. The SMILES string of the molecule is COc1ccc(C(=O)Nc2cc(Cl)ccc2OC)cc1COc1ccccc1Cl. The van der Waals surface area contributed by atoms with Gasteiger partial charge in [0, 0.05) is 16.1 Å². The van der Waals surface area contributed by atoms with Crippen LogP contribution in [0.4, 0.5) is 5.69 Å². The van der Waals surface area contributed by atoms with Crippen molar-refractivity contribution in [2.24, 2.45) is 0 Å². The molecular formula is C22H19Cl2NO4. The van der Waals surface area contributed by atoms with E-state index >= 15 is 0 Å². The smallest absolute Gasteiger partial charge is 0.255 e. The summed E-state index contributed by atoms with van der Waals surface area (Å²) in [5.41, 5.74) is 1.62. The quantitative estimate of drug-likeness (QED) is 0.510. The first-order valence-electron chi connectivity index (χ1n) is 8.71. The van der Waals surface area contributed by atoms with Crippen molar-refractivity contribution in [1.29, 1.82) is 0 Å². The van der Waals surface area contributed by atoms with E-state index in [4.69, 9.17) is 37.4 Å². The van der Waals surface area contributed by atoms with E-state index in [0.29, 0.717) is 44.1 Å². The third-order valence-electron chi connectivity index (χ3n) is 4.17. The molecule has 0 saturated heterocycles. The molecule has 0 spiro atoms. The van der Waals surface area contributed by atoms with Gasteiger partial charge in [-0.2, -0.15) is 0 Å². The van der Waals surface area contributed by atoms with Gasteiger partial charge in [-0.3, -0.25) is 4.79 Å². The molecule has 29 heavy (non-hydrogen) atoms. The lowest BCUT2D eigenvalue weighted by molar-refractivity contribution is 0.102. The molecule has 3 rings (SSSR count). The van der Waals surface area contributed by atoms with Crippen molar-refractivity contribution in [1.82, 2.24) is 0 Å². The molecule has 0 atom stereocenters. The van der Waals surface area contributed by atoms with E-state index in [1.54, 1.807) is 55.6 Å². The molecule has 0 aromatic heterocycles. The Morgan fingerprint density at radius 1 is 0.897 bits per heavy atom. The van der Waals surface area contributed by atoms with E-state index in [0.717, 1.165) is 0 Å². The van der Waals surface area contributed by atoms with Crippen LogP contribution in [0.1, 0.15) is 15.9 Å². The fraction of sp³-hybridized carbons (Fsp3) is 0.136. The van der Waals surface area contributed by atoms with E-state index in [1.807, 2.05) is 12.1 Å². The number of amides is 1. The summed E-state index contributed by atoms with van der Waals surface area (Å²) < 4.78 is 16.4. The van der Waals surface area contributed by atoms with Crippen LogP contribution in [0.3, 0.4) is 0 Å². The highest BCUT2D eigenvalue weighted by Crippen LogP contribution is 2.29. The molecule has 1 amide bonds. The summed E-state index contributed by atoms with van der Waals surface area (Å²) in [4.78, 5) is 12.8. The van der Waals surface area contributed by atoms with Crippen LogP contribution in [0.2, 0.25) is 10.0 Å². The van der Waals surface area contributed by atoms with Gasteiger partial charge in [-0.1, -0.05) is 35.3 Å². The number of ether oxygens (including phenoxy) is 3. The van der Waals surface area contributed by atoms with Gasteiger partial charge in [0.15, 0.2) is 0 Å². The van der Waals surface area contributed by atoms with Crippen molar-refractivity contribution < 1.29 is 19.0 Å². The van der Waals surface area contributed by atoms with Crippen LogP contribution in [-0.2, 0) is 6.61 Å². The summed E-state index contributed by atoms with van der Waals surface area (Å²) in [7, 11) is 3.08. The van der Waals surface area contributed by atoms with Gasteiger partial charge in [0.05, 0.1) is 24.9 Å². The van der Waals surface area contributed by atoms with Crippen LogP contribution in [0.25, 0.3) is 0 Å². The minimum atomic E-state index is -0.313. The number of hydrogen-bond donors (Lipinski definition) is 1. The number of benzene rings is 3. The zero-order chi connectivity index (χ0) is 20.8. The number of carbonyl (C=O) groups excluding carboxylic acids is 1. The second kappa shape index (κ2) is 9.54. The number of carbonyl (C=O) groups is 1. The topological polar surface area (TPSA) is 56.8 Å². The largest absolute Gasteiger partial charge is 0.496 e. The van der Waals surface area contributed by atoms with Crippen LogP contribution in [-0.4, -0.2) is 20.1 Å². The van der Waals surface area contributed by atoms with Gasteiger partial charge < -0.3 is 19.5 Å². The highest BCUT2D eigenvalue weighted by molar-refractivity contribution is 6.32. The van der Waals surface area contributed by atoms with Crippen LogP contribution >= 0.6 is 23.2 Å². The van der Waals surface area contributed by atoms with Gasteiger partial charge >= 0.3 is 0 Å². The first-order valence-corrected chi connectivity index (χ1v) is 9.46. The standard InChI is InChI=1S/C22H19Cl2NO4/c1-27-19-9-7-14(11-15(19)13-29-20-6-4-3-5-17(20)24)22(26)25-18-12-16(23)8-10-21(18)28-2/h3-12H,13H2,1-2H3,(H,25,26). The van der Waals surface area contributed by atoms with Crippen molar-refractivity contribution in [3.63, 3.8) is 0 Å². The third-order valence-corrected chi connectivity index (χ3v) is 4.72. The van der Waals surface area contributed by atoms with Crippen molar-refractivity contribution in [2.45, 2.75) is 6.61 Å². The molecule has 0 aliphatic carbocycles. The Kier molecular flexibility index (Phi) is 6.86. The van der Waals surface area contributed by atoms with Crippen LogP contribution in [0.15, 0.2) is 60.7 Å². The zero-order valence-electron chi connectivity index (χ0n) is 15.9. The number of hydrogen-bond acceptors (Lipinski definition) is 4. The highest BCUT2D eigenvalue weighted by Gasteiger charge is 2.14. The average molecular weight is 432 g/mol. The predicted molar refractivity (Wildman–Crippen MR) is 115 cm³/mol. The van der Waals surface area contributed by atoms with Gasteiger partial charge in [-0.15, -0.1) is 0 Å². The van der Waals surface area contributed by atoms with Crippen molar-refractivity contribution in [3.8, 4) is 17.2 Å². The Balaban J connectivity index is 1.81. The maximum atomic E-state index is 12.8. The fourth-order valence-corrected chi connectivity index (χ4v) is 3.08. The normalized spacial score (nSPS) is 10.3. The summed E-state index contributed by atoms with van der Waals surface area (Å²) in [6.45, 7) is 0.189. The summed E-state index contributed by atoms with van der Waals surface area (Å²) in [6.07, 6.45) is 0. The molecule has 0 fully saturated rings. The number of para-hydroxylation sites is 1. The second-order valence-electron chi connectivity index (χ2n) is 6.04. The van der Waals surface area contributed by atoms with E-state index in [-0.39, 0.29) is 12.5 Å². The van der Waals surface area contributed by atoms with Crippen molar-refractivity contribution in [2.75, 3.05) is 19.5 Å². The Labute approximate surface area is 179 Å². The second-order valence-corrected chi connectivity index (χ2v) is 6.89. The summed E-state index contributed by atoms with van der Waals surface area (Å²) in [5, 5.41) is 3.81. The monoisotopic (exact) mass is 431 g/mol. The molecular weight excluding hydrogens is 413 g/mol. The zero-order valence-corrected chi connectivity index (χ0v) is 17.4. The lowest BCUT2D eigenvalue weighted by Gasteiger charge is -2.14. The minimum absolute atomic E-state index is 0.189. The molecule has 1 N–H and O–H groups in total. The summed E-state index contributed by atoms with van der Waals surface area (Å²) in [5.74, 6) is 1.36. The van der Waals surface area contributed by atoms with Crippen molar-refractivity contribution in [3.05, 3.63) is 81.8 Å². The molecule has 3 aromatic carbocycles. The number of methoxy groups -OCH3 is 2. The summed E-state index contributed by atoms with van der Waals surface area (Å²) >= 11 is 12.2. The van der Waals surface area contributed by atoms with Gasteiger partial charge in [0.1, 0.15) is 23.9 Å². The lowest BCUT2D eigenvalue weighted by Crippen LogP contribution is -2.13. The van der Waals surface area contributed by atoms with Crippen LogP contribution in [0.5, 0.6) is 17.2 Å². The van der Waals surface area contributed by atoms with Gasteiger partial charge in [0.25, 0.3) is 5.91 Å². The van der Waals surface area contributed by atoms with E-state index in [9.17, 15) is 4.79 Å². The number of anilines is 1. The third kappa shape index (κ3) is 5.13. The van der Waals surface area contributed by atoms with Gasteiger partial charge in [-0.05, 0) is 48.5 Å². The van der Waals surface area contributed by atoms with E-state index in [2.05, 4.69) is 5.32 Å². The van der Waals surface area contributed by atoms with Gasteiger partial charge in [-0.25, -0.2) is 0 Å². The average Bonchev–Trinajstić information content (AvgIpc) is 2.73. The number of nitrogens with one attached hydrogen (secondary N) is 1. The summed E-state index contributed by atoms with van der Waals surface area (Å²) in [6, 6.07) is 17.3. The number of halogens is 2. The molecule has 150 valence electrons. The maximum Gasteiger partial charge on any atom is 0.255 e. The fourth-order valence-electron chi connectivity index (χ4n) is 2.72. The van der Waals surface area contributed by atoms with E-state index in [1.165, 1.54) is 7.11 Å². The molecule has 0 aliphatic heterocycles. The lowest BCUT2D eigenvalue weighted by atomic mass is 10.1. The molecule has 5 nitrogen and oxygen atoms in total. The molecule has 7 heteroatoms. The van der Waals surface area contributed by atoms with Crippen molar-refractivity contribution >= 4 is 34.8 Å². The van der Waals surface area contributed by atoms with Crippen LogP contribution in [0, 0.1) is 0 Å². The molecule has 0 bridgehead atoms. The van der Waals surface area contributed by atoms with Crippen LogP contribution < -0.4 is 19.5 Å². The predicted octanol–water partition coefficient (Wildman–Crippen LogP) is 5.84. The molecule has 0 saturated carbocycles. The van der Waals surface area contributed by atoms with E-state index < -0.39 is 0 Å². The molecule has 0 radical (unpaired) electrons. The Morgan fingerprint density at radius 2 is 1.62 bits per heavy atom. The Bertz CT molecular complexity index is 1020. The maximum absolute atomic E-state index is 12.8. The number of rotatable bonds is 7. The first kappa shape index (κ1) is 20.8. The van der Waals surface area contributed by atoms with Gasteiger partial charge in [0.2, 0.25) is 0 Å². The molecule has 0 aliphatic rings. The Morgan fingerprint density at radius 3 is 2.34 bits per heavy atom. The first-order chi connectivity index (χ1) is 14.0. The highest BCUT2D eigenvalue weighted by atomic mass is 35.5.